The lowest BCUT2D eigenvalue weighted by molar-refractivity contribution is 0.0759. The molecule has 0 spiro atoms. The van der Waals surface area contributed by atoms with Gasteiger partial charge in [-0.1, -0.05) is 17.7 Å². The Morgan fingerprint density at radius 3 is 2.82 bits per heavy atom. The van der Waals surface area contributed by atoms with E-state index in [1.54, 1.807) is 7.11 Å². The third-order valence-electron chi connectivity index (χ3n) is 2.48. The molecule has 0 aliphatic rings. The fraction of sp³-hybridized carbons (Fsp3) is 0.538. The maximum absolute atomic E-state index is 6.13. The predicted octanol–water partition coefficient (Wildman–Crippen LogP) is 2.86. The Kier molecular flexibility index (Phi) is 6.34. The van der Waals surface area contributed by atoms with Crippen LogP contribution in [-0.4, -0.2) is 26.4 Å². The monoisotopic (exact) mass is 257 g/mol. The van der Waals surface area contributed by atoms with E-state index in [2.05, 4.69) is 5.32 Å². The summed E-state index contributed by atoms with van der Waals surface area (Å²) in [7, 11) is 1.65. The number of ether oxygens (including phenoxy) is 2. The molecule has 4 heteroatoms. The highest BCUT2D eigenvalue weighted by Gasteiger charge is 2.07. The first-order valence-corrected chi connectivity index (χ1v) is 6.20. The molecule has 3 nitrogen and oxygen atoms in total. The van der Waals surface area contributed by atoms with Crippen molar-refractivity contribution in [3.05, 3.63) is 28.8 Å². The highest BCUT2D eigenvalue weighted by molar-refractivity contribution is 6.31. The second-order valence-corrected chi connectivity index (χ2v) is 4.22. The van der Waals surface area contributed by atoms with Crippen molar-refractivity contribution in [2.45, 2.75) is 26.5 Å². The lowest BCUT2D eigenvalue weighted by Gasteiger charge is -2.14. The van der Waals surface area contributed by atoms with Gasteiger partial charge in [0.2, 0.25) is 0 Å². The van der Waals surface area contributed by atoms with Crippen LogP contribution in [0, 0.1) is 0 Å². The van der Waals surface area contributed by atoms with Crippen molar-refractivity contribution < 1.29 is 9.47 Å². The molecule has 0 radical (unpaired) electrons. The standard InChI is InChI=1S/C13H20ClNO2/c1-4-17-10(2)8-15-9-11-12(14)6-5-7-13(11)16-3/h5-7,10,15H,4,8-9H2,1-3H3. The van der Waals surface area contributed by atoms with Crippen LogP contribution >= 0.6 is 11.6 Å². The van der Waals surface area contributed by atoms with Crippen LogP contribution in [0.15, 0.2) is 18.2 Å². The van der Waals surface area contributed by atoms with Gasteiger partial charge in [-0.15, -0.1) is 0 Å². The molecule has 0 saturated carbocycles. The fourth-order valence-corrected chi connectivity index (χ4v) is 1.88. The number of hydrogen-bond acceptors (Lipinski definition) is 3. The van der Waals surface area contributed by atoms with Crippen LogP contribution in [0.25, 0.3) is 0 Å². The molecule has 1 atom stereocenters. The van der Waals surface area contributed by atoms with Crippen molar-refractivity contribution in [2.24, 2.45) is 0 Å². The maximum atomic E-state index is 6.13. The summed E-state index contributed by atoms with van der Waals surface area (Å²) < 4.78 is 10.7. The van der Waals surface area contributed by atoms with Crippen LogP contribution in [0.4, 0.5) is 0 Å². The molecule has 17 heavy (non-hydrogen) atoms. The normalized spacial score (nSPS) is 12.5. The van der Waals surface area contributed by atoms with Gasteiger partial charge in [0, 0.05) is 30.3 Å². The first-order valence-electron chi connectivity index (χ1n) is 5.82. The van der Waals surface area contributed by atoms with Crippen molar-refractivity contribution in [1.29, 1.82) is 0 Å². The van der Waals surface area contributed by atoms with Gasteiger partial charge in [-0.2, -0.15) is 0 Å². The van der Waals surface area contributed by atoms with Gasteiger partial charge in [0.1, 0.15) is 5.75 Å². The van der Waals surface area contributed by atoms with Crippen molar-refractivity contribution in [1.82, 2.24) is 5.32 Å². The molecule has 1 unspecified atom stereocenters. The number of benzene rings is 1. The minimum atomic E-state index is 0.202. The Hall–Kier alpha value is -0.770. The summed E-state index contributed by atoms with van der Waals surface area (Å²) in [5.41, 5.74) is 0.986. The van der Waals surface area contributed by atoms with E-state index in [4.69, 9.17) is 21.1 Å². The van der Waals surface area contributed by atoms with Crippen LogP contribution in [0.1, 0.15) is 19.4 Å². The molecule has 0 amide bonds. The number of methoxy groups -OCH3 is 1. The Labute approximate surface area is 108 Å². The van der Waals surface area contributed by atoms with Crippen LogP contribution in [-0.2, 0) is 11.3 Å². The van der Waals surface area contributed by atoms with Gasteiger partial charge in [-0.05, 0) is 26.0 Å². The topological polar surface area (TPSA) is 30.5 Å². The van der Waals surface area contributed by atoms with E-state index >= 15 is 0 Å². The predicted molar refractivity (Wildman–Crippen MR) is 70.8 cm³/mol. The van der Waals surface area contributed by atoms with Crippen LogP contribution in [0.2, 0.25) is 5.02 Å². The quantitative estimate of drug-likeness (QED) is 0.815. The van der Waals surface area contributed by atoms with Gasteiger partial charge < -0.3 is 14.8 Å². The minimum absolute atomic E-state index is 0.202. The number of rotatable bonds is 7. The smallest absolute Gasteiger partial charge is 0.124 e. The molecule has 1 rings (SSSR count). The van der Waals surface area contributed by atoms with E-state index in [1.165, 1.54) is 0 Å². The van der Waals surface area contributed by atoms with E-state index < -0.39 is 0 Å². The lowest BCUT2D eigenvalue weighted by atomic mass is 10.2. The van der Waals surface area contributed by atoms with Gasteiger partial charge in [-0.25, -0.2) is 0 Å². The molecule has 0 heterocycles. The maximum Gasteiger partial charge on any atom is 0.124 e. The zero-order valence-corrected chi connectivity index (χ0v) is 11.4. The highest BCUT2D eigenvalue weighted by Crippen LogP contribution is 2.25. The Bertz CT molecular complexity index is 344. The molecule has 1 N–H and O–H groups in total. The number of halogens is 1. The minimum Gasteiger partial charge on any atom is -0.496 e. The van der Waals surface area contributed by atoms with Gasteiger partial charge in [-0.3, -0.25) is 0 Å². The average molecular weight is 258 g/mol. The Morgan fingerprint density at radius 2 is 2.18 bits per heavy atom. The van der Waals surface area contributed by atoms with Gasteiger partial charge in [0.15, 0.2) is 0 Å². The molecule has 0 aliphatic heterocycles. The summed E-state index contributed by atoms with van der Waals surface area (Å²) in [6.45, 7) is 6.24. The highest BCUT2D eigenvalue weighted by atomic mass is 35.5. The van der Waals surface area contributed by atoms with Gasteiger partial charge in [0.05, 0.1) is 13.2 Å². The van der Waals surface area contributed by atoms with E-state index in [9.17, 15) is 0 Å². The molecule has 1 aromatic rings. The molecule has 96 valence electrons. The summed E-state index contributed by atoms with van der Waals surface area (Å²) in [6, 6.07) is 5.66. The molecule has 0 saturated heterocycles. The second-order valence-electron chi connectivity index (χ2n) is 3.82. The summed E-state index contributed by atoms with van der Waals surface area (Å²) in [5, 5.41) is 4.04. The second kappa shape index (κ2) is 7.54. The van der Waals surface area contributed by atoms with Crippen LogP contribution < -0.4 is 10.1 Å². The average Bonchev–Trinajstić information content (AvgIpc) is 2.31. The molecule has 0 aliphatic carbocycles. The lowest BCUT2D eigenvalue weighted by Crippen LogP contribution is -2.26. The summed E-state index contributed by atoms with van der Waals surface area (Å²) >= 11 is 6.13. The van der Waals surface area contributed by atoms with Gasteiger partial charge in [0.25, 0.3) is 0 Å². The third kappa shape index (κ3) is 4.54. The van der Waals surface area contributed by atoms with Crippen molar-refractivity contribution >= 4 is 11.6 Å². The van der Waals surface area contributed by atoms with Crippen molar-refractivity contribution in [3.63, 3.8) is 0 Å². The Balaban J connectivity index is 2.51. The Morgan fingerprint density at radius 1 is 1.41 bits per heavy atom. The third-order valence-corrected chi connectivity index (χ3v) is 2.83. The zero-order valence-electron chi connectivity index (χ0n) is 10.6. The first kappa shape index (κ1) is 14.3. The summed E-state index contributed by atoms with van der Waals surface area (Å²) in [6.07, 6.45) is 0.202. The molecular weight excluding hydrogens is 238 g/mol. The van der Waals surface area contributed by atoms with Crippen LogP contribution in [0.5, 0.6) is 5.75 Å². The first-order chi connectivity index (χ1) is 8.19. The molecule has 0 fully saturated rings. The number of nitrogens with one attached hydrogen (secondary N) is 1. The zero-order chi connectivity index (χ0) is 12.7. The molecule has 1 aromatic carbocycles. The van der Waals surface area contributed by atoms with Crippen LogP contribution in [0.3, 0.4) is 0 Å². The van der Waals surface area contributed by atoms with Gasteiger partial charge >= 0.3 is 0 Å². The largest absolute Gasteiger partial charge is 0.496 e. The van der Waals surface area contributed by atoms with E-state index in [0.717, 1.165) is 29.5 Å². The molecular formula is C13H20ClNO2. The van der Waals surface area contributed by atoms with Crippen molar-refractivity contribution in [2.75, 3.05) is 20.3 Å². The molecule has 0 bridgehead atoms. The van der Waals surface area contributed by atoms with E-state index in [1.807, 2.05) is 32.0 Å². The fourth-order valence-electron chi connectivity index (χ4n) is 1.65. The summed E-state index contributed by atoms with van der Waals surface area (Å²) in [5.74, 6) is 0.814. The van der Waals surface area contributed by atoms with Crippen molar-refractivity contribution in [3.8, 4) is 5.75 Å². The molecule has 0 aromatic heterocycles. The summed E-state index contributed by atoms with van der Waals surface area (Å²) in [4.78, 5) is 0. The SMILES string of the molecule is CCOC(C)CNCc1c(Cl)cccc1OC. The van der Waals surface area contributed by atoms with E-state index in [0.29, 0.717) is 6.54 Å². The van der Waals surface area contributed by atoms with E-state index in [-0.39, 0.29) is 6.10 Å². The number of hydrogen-bond donors (Lipinski definition) is 1.